The summed E-state index contributed by atoms with van der Waals surface area (Å²) in [7, 11) is 0. The van der Waals surface area contributed by atoms with Gasteiger partial charge in [0.15, 0.2) is 16.8 Å². The van der Waals surface area contributed by atoms with E-state index >= 15 is 0 Å². The molecule has 0 atom stereocenters. The number of nitrogens with one attached hydrogen (secondary N) is 1. The number of hydrogen-bond acceptors (Lipinski definition) is 5. The predicted octanol–water partition coefficient (Wildman–Crippen LogP) is 3.79. The lowest BCUT2D eigenvalue weighted by Crippen LogP contribution is -2.23. The summed E-state index contributed by atoms with van der Waals surface area (Å²) in [4.78, 5) is 21.0. The largest absolute Gasteiger partial charge is 0.361 e. The first kappa shape index (κ1) is 19.4. The van der Waals surface area contributed by atoms with E-state index in [1.807, 2.05) is 54.7 Å². The molecule has 0 saturated carbocycles. The van der Waals surface area contributed by atoms with E-state index < -0.39 is 0 Å². The maximum absolute atomic E-state index is 13.2. The maximum atomic E-state index is 13.2. The third-order valence-corrected chi connectivity index (χ3v) is 6.07. The fourth-order valence-electron chi connectivity index (χ4n) is 4.39. The quantitative estimate of drug-likeness (QED) is 0.445. The van der Waals surface area contributed by atoms with Crippen molar-refractivity contribution in [2.45, 2.75) is 26.3 Å². The average Bonchev–Trinajstić information content (AvgIpc) is 3.45. The molecular formula is C25H21N7O. The molecule has 2 aromatic carbocycles. The number of fused-ring (bicyclic) bond motifs is 4. The molecular weight excluding hydrogens is 414 g/mol. The molecule has 0 saturated heterocycles. The van der Waals surface area contributed by atoms with Crippen molar-refractivity contribution in [3.05, 3.63) is 88.7 Å². The number of para-hydroxylation sites is 1. The minimum absolute atomic E-state index is 0.216. The van der Waals surface area contributed by atoms with Crippen LogP contribution in [0.1, 0.15) is 18.2 Å². The minimum Gasteiger partial charge on any atom is -0.361 e. The van der Waals surface area contributed by atoms with Crippen LogP contribution in [0.15, 0.2) is 71.9 Å². The molecule has 8 heteroatoms. The summed E-state index contributed by atoms with van der Waals surface area (Å²) < 4.78 is 3.24. The molecule has 0 aliphatic heterocycles. The molecule has 1 N–H and O–H groups in total. The number of rotatable bonds is 5. The Kier molecular flexibility index (Phi) is 4.50. The first-order chi connectivity index (χ1) is 16.2. The van der Waals surface area contributed by atoms with Crippen LogP contribution in [-0.4, -0.2) is 34.3 Å². The molecule has 4 aromatic heterocycles. The van der Waals surface area contributed by atoms with Gasteiger partial charge in [0.1, 0.15) is 6.33 Å². The van der Waals surface area contributed by atoms with Gasteiger partial charge >= 0.3 is 0 Å². The SMILES string of the molecule is CCc1nn2c(nnc3c(=O)n(CCc4c[nH]c5ccccc45)cnc32)c1-c1ccccc1. The topological polar surface area (TPSA) is 93.8 Å². The van der Waals surface area contributed by atoms with Gasteiger partial charge in [0.2, 0.25) is 0 Å². The Labute approximate surface area is 188 Å². The molecule has 8 nitrogen and oxygen atoms in total. The van der Waals surface area contributed by atoms with Gasteiger partial charge in [-0.2, -0.15) is 9.61 Å². The van der Waals surface area contributed by atoms with E-state index in [1.165, 1.54) is 0 Å². The fraction of sp³-hybridized carbons (Fsp3) is 0.160. The summed E-state index contributed by atoms with van der Waals surface area (Å²) in [6.45, 7) is 2.55. The molecule has 6 aromatic rings. The smallest absolute Gasteiger partial charge is 0.283 e. The van der Waals surface area contributed by atoms with Gasteiger partial charge < -0.3 is 4.98 Å². The normalized spacial score (nSPS) is 11.7. The van der Waals surface area contributed by atoms with Crippen molar-refractivity contribution in [3.63, 3.8) is 0 Å². The predicted molar refractivity (Wildman–Crippen MR) is 127 cm³/mol. The van der Waals surface area contributed by atoms with Gasteiger partial charge in [0, 0.05) is 23.6 Å². The molecule has 0 aliphatic carbocycles. The molecule has 0 amide bonds. The second-order valence-corrected chi connectivity index (χ2v) is 8.00. The van der Waals surface area contributed by atoms with E-state index in [0.29, 0.717) is 24.3 Å². The molecule has 162 valence electrons. The molecule has 33 heavy (non-hydrogen) atoms. The number of nitrogens with zero attached hydrogens (tertiary/aromatic N) is 6. The Bertz CT molecular complexity index is 1680. The summed E-state index contributed by atoms with van der Waals surface area (Å²) in [6.07, 6.45) is 5.01. The van der Waals surface area contributed by atoms with Crippen LogP contribution in [0.3, 0.4) is 0 Å². The van der Waals surface area contributed by atoms with Crippen molar-refractivity contribution in [1.82, 2.24) is 34.3 Å². The van der Waals surface area contributed by atoms with Crippen molar-refractivity contribution >= 4 is 27.7 Å². The van der Waals surface area contributed by atoms with Gasteiger partial charge in [-0.15, -0.1) is 10.2 Å². The molecule has 0 radical (unpaired) electrons. The van der Waals surface area contributed by atoms with Crippen LogP contribution in [0.2, 0.25) is 0 Å². The first-order valence-corrected chi connectivity index (χ1v) is 11.0. The van der Waals surface area contributed by atoms with E-state index in [9.17, 15) is 4.79 Å². The van der Waals surface area contributed by atoms with Crippen molar-refractivity contribution in [2.24, 2.45) is 0 Å². The lowest BCUT2D eigenvalue weighted by molar-refractivity contribution is 0.659. The van der Waals surface area contributed by atoms with Crippen LogP contribution in [0, 0.1) is 0 Å². The van der Waals surface area contributed by atoms with Gasteiger partial charge in [-0.3, -0.25) is 9.36 Å². The van der Waals surface area contributed by atoms with Crippen LogP contribution in [0.4, 0.5) is 0 Å². The Hall–Kier alpha value is -4.33. The number of benzene rings is 2. The van der Waals surface area contributed by atoms with E-state index in [2.05, 4.69) is 33.2 Å². The first-order valence-electron chi connectivity index (χ1n) is 11.0. The van der Waals surface area contributed by atoms with E-state index in [1.54, 1.807) is 15.4 Å². The van der Waals surface area contributed by atoms with Gasteiger partial charge in [-0.25, -0.2) is 4.98 Å². The highest BCUT2D eigenvalue weighted by Crippen LogP contribution is 2.28. The van der Waals surface area contributed by atoms with Crippen LogP contribution >= 0.6 is 0 Å². The average molecular weight is 435 g/mol. The third-order valence-electron chi connectivity index (χ3n) is 6.07. The maximum Gasteiger partial charge on any atom is 0.283 e. The highest BCUT2D eigenvalue weighted by molar-refractivity contribution is 5.84. The summed E-state index contributed by atoms with van der Waals surface area (Å²) in [6, 6.07) is 18.1. The summed E-state index contributed by atoms with van der Waals surface area (Å²) in [5.41, 5.74) is 6.11. The molecule has 0 aliphatic rings. The summed E-state index contributed by atoms with van der Waals surface area (Å²) in [5.74, 6) is 0. The highest BCUT2D eigenvalue weighted by Gasteiger charge is 2.19. The third kappa shape index (κ3) is 3.10. The van der Waals surface area contributed by atoms with Crippen molar-refractivity contribution in [3.8, 4) is 11.1 Å². The monoisotopic (exact) mass is 435 g/mol. The molecule has 0 bridgehead atoms. The zero-order chi connectivity index (χ0) is 22.4. The Balaban J connectivity index is 1.42. The van der Waals surface area contributed by atoms with Crippen molar-refractivity contribution < 1.29 is 0 Å². The van der Waals surface area contributed by atoms with Crippen molar-refractivity contribution in [1.29, 1.82) is 0 Å². The summed E-state index contributed by atoms with van der Waals surface area (Å²) in [5, 5.41) is 14.6. The zero-order valence-electron chi connectivity index (χ0n) is 18.1. The Morgan fingerprint density at radius 2 is 1.79 bits per heavy atom. The second-order valence-electron chi connectivity index (χ2n) is 8.00. The molecule has 4 heterocycles. The number of H-pyrrole nitrogens is 1. The molecule has 6 rings (SSSR count). The lowest BCUT2D eigenvalue weighted by Gasteiger charge is -2.06. The molecule has 0 spiro atoms. The molecule has 0 fully saturated rings. The fourth-order valence-corrected chi connectivity index (χ4v) is 4.39. The highest BCUT2D eigenvalue weighted by atomic mass is 16.1. The van der Waals surface area contributed by atoms with Crippen LogP contribution in [0.5, 0.6) is 0 Å². The van der Waals surface area contributed by atoms with Gasteiger partial charge in [-0.1, -0.05) is 55.5 Å². The van der Waals surface area contributed by atoms with Crippen LogP contribution in [-0.2, 0) is 19.4 Å². The van der Waals surface area contributed by atoms with Gasteiger partial charge in [-0.05, 0) is 30.0 Å². The lowest BCUT2D eigenvalue weighted by atomic mass is 10.0. The number of aryl methyl sites for hydroxylation is 3. The van der Waals surface area contributed by atoms with Crippen molar-refractivity contribution in [2.75, 3.05) is 0 Å². The van der Waals surface area contributed by atoms with E-state index in [-0.39, 0.29) is 11.1 Å². The van der Waals surface area contributed by atoms with E-state index in [0.717, 1.165) is 39.7 Å². The molecule has 0 unspecified atom stereocenters. The second kappa shape index (κ2) is 7.67. The number of aromatic amines is 1. The Morgan fingerprint density at radius 3 is 2.64 bits per heavy atom. The van der Waals surface area contributed by atoms with Crippen LogP contribution in [0.25, 0.3) is 38.8 Å². The Morgan fingerprint density at radius 1 is 0.970 bits per heavy atom. The minimum atomic E-state index is -0.218. The number of aromatic nitrogens is 7. The van der Waals surface area contributed by atoms with E-state index in [4.69, 9.17) is 5.10 Å². The summed E-state index contributed by atoms with van der Waals surface area (Å²) >= 11 is 0. The number of hydrogen-bond donors (Lipinski definition) is 1. The van der Waals surface area contributed by atoms with Gasteiger partial charge in [0.05, 0.1) is 11.3 Å². The van der Waals surface area contributed by atoms with Crippen LogP contribution < -0.4 is 5.56 Å². The standard InChI is InChI=1S/C25H21N7O/c1-2-19-21(16-8-4-3-5-9-16)23-29-28-22-24(32(23)30-19)27-15-31(25(22)33)13-12-17-14-26-20-11-7-6-10-18(17)20/h3-11,14-15,26H,2,12-13H2,1H3. The van der Waals surface area contributed by atoms with Gasteiger partial charge in [0.25, 0.3) is 5.56 Å². The zero-order valence-corrected chi connectivity index (χ0v) is 18.1.